The molecule has 3 rings (SSSR count). The molecular weight excluding hydrogens is 497 g/mol. The molecule has 8 heteroatoms. The molecule has 172 valence electrons. The van der Waals surface area contributed by atoms with Gasteiger partial charge in [-0.25, -0.2) is 0 Å². The first-order valence-corrected chi connectivity index (χ1v) is 11.8. The van der Waals surface area contributed by atoms with Crippen molar-refractivity contribution >= 4 is 63.7 Å². The van der Waals surface area contributed by atoms with Crippen LogP contribution in [0.15, 0.2) is 78.9 Å². The summed E-state index contributed by atoms with van der Waals surface area (Å²) in [6, 6.07) is 24.8. The smallest absolute Gasteiger partial charge is 0.233 e. The highest BCUT2D eigenvalue weighted by molar-refractivity contribution is 7.80. The number of carbonyl (C=O) groups excluding carboxylic acids is 1. The van der Waals surface area contributed by atoms with Gasteiger partial charge in [-0.2, -0.15) is 0 Å². The monoisotopic (exact) mass is 519 g/mol. The van der Waals surface area contributed by atoms with E-state index in [4.69, 9.17) is 47.0 Å². The number of alkyl halides is 3. The van der Waals surface area contributed by atoms with Crippen molar-refractivity contribution in [1.29, 1.82) is 0 Å². The summed E-state index contributed by atoms with van der Waals surface area (Å²) in [7, 11) is 0. The molecule has 1 unspecified atom stereocenters. The maximum atomic E-state index is 13.4. The van der Waals surface area contributed by atoms with Crippen molar-refractivity contribution in [3.8, 4) is 0 Å². The first-order valence-electron chi connectivity index (χ1n) is 10.3. The minimum atomic E-state index is -1.86. The molecule has 3 aromatic rings. The van der Waals surface area contributed by atoms with E-state index >= 15 is 0 Å². The molecule has 0 saturated heterocycles. The summed E-state index contributed by atoms with van der Waals surface area (Å²) >= 11 is 24.1. The van der Waals surface area contributed by atoms with Gasteiger partial charge in [-0.05, 0) is 54.4 Å². The number of amides is 1. The van der Waals surface area contributed by atoms with Gasteiger partial charge in [0.25, 0.3) is 0 Å². The van der Waals surface area contributed by atoms with Crippen LogP contribution in [0.25, 0.3) is 0 Å². The molecule has 0 fully saturated rings. The largest absolute Gasteiger partial charge is 0.339 e. The van der Waals surface area contributed by atoms with E-state index in [0.29, 0.717) is 0 Å². The lowest BCUT2D eigenvalue weighted by molar-refractivity contribution is -0.122. The topological polar surface area (TPSA) is 53.2 Å². The summed E-state index contributed by atoms with van der Waals surface area (Å²) in [5.41, 5.74) is 4.55. The van der Waals surface area contributed by atoms with E-state index in [1.54, 1.807) is 0 Å². The minimum Gasteiger partial charge on any atom is -0.339 e. The molecule has 0 heterocycles. The van der Waals surface area contributed by atoms with Crippen molar-refractivity contribution in [2.75, 3.05) is 5.32 Å². The fourth-order valence-electron chi connectivity index (χ4n) is 3.37. The van der Waals surface area contributed by atoms with E-state index in [1.165, 1.54) is 0 Å². The van der Waals surface area contributed by atoms with Crippen LogP contribution in [0.1, 0.15) is 28.2 Å². The van der Waals surface area contributed by atoms with Crippen molar-refractivity contribution in [1.82, 2.24) is 10.6 Å². The summed E-state index contributed by atoms with van der Waals surface area (Å²) in [5, 5.41) is 9.09. The molecule has 0 saturated carbocycles. The van der Waals surface area contributed by atoms with Crippen molar-refractivity contribution in [3.05, 3.63) is 101 Å². The Morgan fingerprint density at radius 2 is 1.39 bits per heavy atom. The number of benzene rings is 3. The second-order valence-corrected chi connectivity index (χ2v) is 10.4. The lowest BCUT2D eigenvalue weighted by Crippen LogP contribution is -2.57. The van der Waals surface area contributed by atoms with Gasteiger partial charge < -0.3 is 16.0 Å². The van der Waals surface area contributed by atoms with Gasteiger partial charge in [-0.1, -0.05) is 108 Å². The van der Waals surface area contributed by atoms with Crippen molar-refractivity contribution in [2.45, 2.75) is 29.7 Å². The maximum absolute atomic E-state index is 13.4. The Morgan fingerprint density at radius 1 is 0.848 bits per heavy atom. The number of carbonyl (C=O) groups is 1. The Balaban J connectivity index is 1.81. The first kappa shape index (κ1) is 25.3. The Labute approximate surface area is 214 Å². The molecular formula is C25H24Cl3N3OS. The van der Waals surface area contributed by atoms with Gasteiger partial charge in [0.05, 0.1) is 5.92 Å². The summed E-state index contributed by atoms with van der Waals surface area (Å²) in [4.78, 5) is 13.4. The third-order valence-electron chi connectivity index (χ3n) is 5.06. The third kappa shape index (κ3) is 7.08. The fraction of sp³-hybridized carbons (Fsp3) is 0.200. The van der Waals surface area contributed by atoms with Gasteiger partial charge in [0.2, 0.25) is 9.70 Å². The molecule has 33 heavy (non-hydrogen) atoms. The Hall–Kier alpha value is -2.31. The average molecular weight is 521 g/mol. The molecule has 0 aliphatic heterocycles. The average Bonchev–Trinajstić information content (AvgIpc) is 2.77. The van der Waals surface area contributed by atoms with Crippen LogP contribution in [0, 0.1) is 13.8 Å². The van der Waals surface area contributed by atoms with Crippen LogP contribution in [-0.4, -0.2) is 21.0 Å². The van der Waals surface area contributed by atoms with E-state index in [-0.39, 0.29) is 11.0 Å². The standard InChI is InChI=1S/C25H24Cl3N3OS/c1-16-13-14-17(2)20(15-16)29-24(33)31-23(25(26,27)28)30-22(32)21(18-9-5-3-6-10-18)19-11-7-4-8-12-19/h3-15,21,23H,1-2H3,(H,30,32)(H2,29,31,33). The van der Waals surface area contributed by atoms with Crippen LogP contribution in [0.5, 0.6) is 0 Å². The van der Waals surface area contributed by atoms with Gasteiger partial charge in [-0.3, -0.25) is 4.79 Å². The van der Waals surface area contributed by atoms with Crippen LogP contribution in [0.4, 0.5) is 5.69 Å². The molecule has 3 N–H and O–H groups in total. The highest BCUT2D eigenvalue weighted by Gasteiger charge is 2.36. The summed E-state index contributed by atoms with van der Waals surface area (Å²) in [6.07, 6.45) is -1.07. The molecule has 0 aliphatic rings. The van der Waals surface area contributed by atoms with Gasteiger partial charge >= 0.3 is 0 Å². The summed E-state index contributed by atoms with van der Waals surface area (Å²) in [6.45, 7) is 3.95. The van der Waals surface area contributed by atoms with E-state index < -0.39 is 15.9 Å². The third-order valence-corrected chi connectivity index (χ3v) is 5.93. The molecule has 0 spiro atoms. The maximum Gasteiger partial charge on any atom is 0.233 e. The summed E-state index contributed by atoms with van der Waals surface area (Å²) < 4.78 is -1.86. The minimum absolute atomic E-state index is 0.219. The van der Waals surface area contributed by atoms with Gasteiger partial charge in [0, 0.05) is 5.69 Å². The predicted octanol–water partition coefficient (Wildman–Crippen LogP) is 6.23. The number of anilines is 1. The molecule has 0 radical (unpaired) electrons. The number of rotatable bonds is 6. The first-order chi connectivity index (χ1) is 15.6. The van der Waals surface area contributed by atoms with Gasteiger partial charge in [0.1, 0.15) is 6.17 Å². The highest BCUT2D eigenvalue weighted by atomic mass is 35.6. The van der Waals surface area contributed by atoms with E-state index in [9.17, 15) is 4.79 Å². The zero-order chi connectivity index (χ0) is 24.0. The lowest BCUT2D eigenvalue weighted by atomic mass is 9.90. The number of nitrogens with one attached hydrogen (secondary N) is 3. The number of halogens is 3. The SMILES string of the molecule is Cc1ccc(C)c(NC(=S)NC(NC(=O)C(c2ccccc2)c2ccccc2)C(Cl)(Cl)Cl)c1. The lowest BCUT2D eigenvalue weighted by Gasteiger charge is -2.30. The van der Waals surface area contributed by atoms with Crippen molar-refractivity contribution in [2.24, 2.45) is 0 Å². The Bertz CT molecular complexity index is 1070. The highest BCUT2D eigenvalue weighted by Crippen LogP contribution is 2.31. The molecule has 0 bridgehead atoms. The van der Waals surface area contributed by atoms with Crippen LogP contribution >= 0.6 is 47.0 Å². The van der Waals surface area contributed by atoms with Crippen LogP contribution < -0.4 is 16.0 Å². The van der Waals surface area contributed by atoms with Crippen LogP contribution in [0.2, 0.25) is 0 Å². The van der Waals surface area contributed by atoms with E-state index in [2.05, 4.69) is 16.0 Å². The summed E-state index contributed by atoms with van der Waals surface area (Å²) in [5.74, 6) is -0.921. The van der Waals surface area contributed by atoms with E-state index in [0.717, 1.165) is 27.9 Å². The van der Waals surface area contributed by atoms with Gasteiger partial charge in [-0.15, -0.1) is 0 Å². The zero-order valence-corrected chi connectivity index (χ0v) is 21.2. The molecule has 0 aliphatic carbocycles. The molecule has 1 atom stereocenters. The Morgan fingerprint density at radius 3 is 1.91 bits per heavy atom. The predicted molar refractivity (Wildman–Crippen MR) is 142 cm³/mol. The number of hydrogen-bond donors (Lipinski definition) is 3. The van der Waals surface area contributed by atoms with E-state index in [1.807, 2.05) is 92.7 Å². The second kappa shape index (κ2) is 11.2. The fourth-order valence-corrected chi connectivity index (χ4v) is 3.93. The van der Waals surface area contributed by atoms with Crippen molar-refractivity contribution < 1.29 is 4.79 Å². The number of thiocarbonyl (C=S) groups is 1. The molecule has 1 amide bonds. The number of aryl methyl sites for hydroxylation is 2. The molecule has 3 aromatic carbocycles. The van der Waals surface area contributed by atoms with Crippen LogP contribution in [-0.2, 0) is 4.79 Å². The normalized spacial score (nSPS) is 12.2. The number of hydrogen-bond acceptors (Lipinski definition) is 2. The Kier molecular flexibility index (Phi) is 8.60. The van der Waals surface area contributed by atoms with Crippen LogP contribution in [0.3, 0.4) is 0 Å². The zero-order valence-electron chi connectivity index (χ0n) is 18.1. The quantitative estimate of drug-likeness (QED) is 0.205. The molecule has 4 nitrogen and oxygen atoms in total. The van der Waals surface area contributed by atoms with Gasteiger partial charge in [0.15, 0.2) is 5.11 Å². The van der Waals surface area contributed by atoms with Crippen molar-refractivity contribution in [3.63, 3.8) is 0 Å². The molecule has 0 aromatic heterocycles. The second-order valence-electron chi connectivity index (χ2n) is 7.65.